The van der Waals surface area contributed by atoms with Gasteiger partial charge in [-0.3, -0.25) is 14.4 Å². The van der Waals surface area contributed by atoms with Gasteiger partial charge in [0.15, 0.2) is 5.78 Å². The first kappa shape index (κ1) is 18.4. The highest BCUT2D eigenvalue weighted by atomic mass is 32.2. The average Bonchev–Trinajstić information content (AvgIpc) is 2.80. The minimum atomic E-state index is -1.73. The molecule has 0 bridgehead atoms. The fourth-order valence-corrected chi connectivity index (χ4v) is 5.38. The van der Waals surface area contributed by atoms with Crippen molar-refractivity contribution in [3.63, 3.8) is 0 Å². The third-order valence-corrected chi connectivity index (χ3v) is 6.56. The maximum absolute atomic E-state index is 12.9. The number of aliphatic carboxylic acids is 1. The van der Waals surface area contributed by atoms with E-state index in [1.54, 1.807) is 32.0 Å². The zero-order valence-electron chi connectivity index (χ0n) is 14.9. The highest BCUT2D eigenvalue weighted by molar-refractivity contribution is 8.01. The number of ketones is 1. The van der Waals surface area contributed by atoms with Crippen LogP contribution in [0.15, 0.2) is 24.3 Å². The van der Waals surface area contributed by atoms with Gasteiger partial charge >= 0.3 is 5.97 Å². The van der Waals surface area contributed by atoms with Gasteiger partial charge in [-0.05, 0) is 39.8 Å². The maximum atomic E-state index is 12.9. The number of nitrogens with zero attached hydrogens (tertiary/aromatic N) is 1. The van der Waals surface area contributed by atoms with E-state index in [1.807, 2.05) is 13.0 Å². The minimum absolute atomic E-state index is 0.342. The van der Waals surface area contributed by atoms with Crippen LogP contribution < -0.4 is 5.32 Å². The van der Waals surface area contributed by atoms with Crippen LogP contribution in [-0.2, 0) is 14.4 Å². The van der Waals surface area contributed by atoms with E-state index in [2.05, 4.69) is 5.32 Å². The van der Waals surface area contributed by atoms with Gasteiger partial charge in [0.05, 0.1) is 0 Å². The molecule has 0 radical (unpaired) electrons. The number of β-lactam (4-membered cyclic amide) rings is 1. The molecule has 3 atom stereocenters. The van der Waals surface area contributed by atoms with Gasteiger partial charge < -0.3 is 15.3 Å². The molecular weight excluding hydrogens is 356 g/mol. The molecule has 2 N–H and O–H groups in total. The summed E-state index contributed by atoms with van der Waals surface area (Å²) in [5, 5.41) is 11.4. The van der Waals surface area contributed by atoms with E-state index in [9.17, 15) is 24.3 Å². The third kappa shape index (κ3) is 2.43. The summed E-state index contributed by atoms with van der Waals surface area (Å²) in [6, 6.07) is 5.76. The molecule has 3 rings (SSSR count). The Morgan fingerprint density at radius 3 is 2.46 bits per heavy atom. The summed E-state index contributed by atoms with van der Waals surface area (Å²) < 4.78 is -0.780. The summed E-state index contributed by atoms with van der Waals surface area (Å²) >= 11 is 1.22. The smallest absolute Gasteiger partial charge is 0.327 e. The van der Waals surface area contributed by atoms with Crippen molar-refractivity contribution < 1.29 is 24.3 Å². The lowest BCUT2D eigenvalue weighted by Crippen LogP contribution is -2.82. The fourth-order valence-electron chi connectivity index (χ4n) is 3.62. The summed E-state index contributed by atoms with van der Waals surface area (Å²) in [7, 11) is 0. The summed E-state index contributed by atoms with van der Waals surface area (Å²) in [6.45, 7) is 6.51. The highest BCUT2D eigenvalue weighted by Crippen LogP contribution is 2.55. The predicted octanol–water partition coefficient (Wildman–Crippen LogP) is 1.20. The zero-order chi connectivity index (χ0) is 19.4. The first-order valence-corrected chi connectivity index (χ1v) is 9.04. The van der Waals surface area contributed by atoms with E-state index in [4.69, 9.17) is 0 Å². The molecule has 7 nitrogen and oxygen atoms in total. The van der Waals surface area contributed by atoms with E-state index in [0.717, 1.165) is 5.56 Å². The number of hydrogen-bond acceptors (Lipinski definition) is 5. The van der Waals surface area contributed by atoms with E-state index in [-0.39, 0.29) is 0 Å². The molecule has 2 amide bonds. The Morgan fingerprint density at radius 1 is 1.27 bits per heavy atom. The van der Waals surface area contributed by atoms with E-state index in [0.29, 0.717) is 5.56 Å². The van der Waals surface area contributed by atoms with Crippen LogP contribution in [0.25, 0.3) is 0 Å². The number of carbonyl (C=O) groups is 4. The van der Waals surface area contributed by atoms with Crippen LogP contribution in [0.4, 0.5) is 0 Å². The Hall–Kier alpha value is -2.35. The first-order chi connectivity index (χ1) is 12.0. The topological polar surface area (TPSA) is 104 Å². The van der Waals surface area contributed by atoms with Gasteiger partial charge in [-0.1, -0.05) is 17.7 Å². The lowest BCUT2D eigenvalue weighted by Gasteiger charge is -2.51. The van der Waals surface area contributed by atoms with Gasteiger partial charge in [0.2, 0.25) is 5.54 Å². The van der Waals surface area contributed by atoms with E-state index >= 15 is 0 Å². The quantitative estimate of drug-likeness (QED) is 0.604. The van der Waals surface area contributed by atoms with Crippen molar-refractivity contribution in [2.75, 3.05) is 0 Å². The second-order valence-corrected chi connectivity index (χ2v) is 8.95. The second kappa shape index (κ2) is 5.84. The van der Waals surface area contributed by atoms with Gasteiger partial charge in [-0.2, -0.15) is 0 Å². The third-order valence-electron chi connectivity index (χ3n) is 4.93. The molecule has 1 aromatic carbocycles. The first-order valence-electron chi connectivity index (χ1n) is 8.16. The molecule has 0 aromatic heterocycles. The number of rotatable bonds is 4. The molecule has 0 unspecified atom stereocenters. The number of fused-ring (bicyclic) bond motifs is 1. The predicted molar refractivity (Wildman–Crippen MR) is 95.8 cm³/mol. The van der Waals surface area contributed by atoms with Crippen LogP contribution in [-0.4, -0.2) is 55.3 Å². The number of hydrogen-bond donors (Lipinski definition) is 2. The Balaban J connectivity index is 1.96. The zero-order valence-corrected chi connectivity index (χ0v) is 15.7. The second-order valence-electron chi connectivity index (χ2n) is 7.21. The van der Waals surface area contributed by atoms with Gasteiger partial charge in [-0.25, -0.2) is 4.79 Å². The lowest BCUT2D eigenvalue weighted by atomic mass is 9.81. The molecule has 2 aliphatic rings. The highest BCUT2D eigenvalue weighted by Gasteiger charge is 2.74. The van der Waals surface area contributed by atoms with Crippen LogP contribution in [0.1, 0.15) is 36.7 Å². The number of carboxylic acid groups (broad SMARTS) is 1. The van der Waals surface area contributed by atoms with Crippen LogP contribution in [0.2, 0.25) is 0 Å². The van der Waals surface area contributed by atoms with Crippen LogP contribution >= 0.6 is 11.8 Å². The average molecular weight is 376 g/mol. The molecule has 8 heteroatoms. The van der Waals surface area contributed by atoms with E-state index < -0.39 is 45.3 Å². The standard InChI is InChI=1S/C18H20N2O5S/c1-9-6-5-7-11(8-9)13(22)19-18(10(2)21)15(25)20-12(14(23)24)17(3,4)26-16(18)20/h5-8,12,16H,1-4H3,(H,19,22)(H,23,24)/t12-,16+,18-/m0/s1. The van der Waals surface area contributed by atoms with Crippen molar-refractivity contribution >= 4 is 35.3 Å². The number of amides is 2. The Morgan fingerprint density at radius 2 is 1.92 bits per heavy atom. The van der Waals surface area contributed by atoms with Crippen molar-refractivity contribution in [3.05, 3.63) is 35.4 Å². The summed E-state index contributed by atoms with van der Waals surface area (Å²) in [4.78, 5) is 50.8. The Kier molecular flexibility index (Phi) is 4.14. The largest absolute Gasteiger partial charge is 0.480 e. The van der Waals surface area contributed by atoms with Gasteiger partial charge in [0.1, 0.15) is 11.4 Å². The number of carbonyl (C=O) groups excluding carboxylic acids is 3. The molecule has 0 saturated carbocycles. The molecule has 2 aliphatic heterocycles. The van der Waals surface area contributed by atoms with Crippen LogP contribution in [0, 0.1) is 6.92 Å². The molecule has 26 heavy (non-hydrogen) atoms. The molecule has 2 saturated heterocycles. The van der Waals surface area contributed by atoms with Crippen molar-refractivity contribution in [3.8, 4) is 0 Å². The van der Waals surface area contributed by atoms with E-state index in [1.165, 1.54) is 23.6 Å². The summed E-state index contributed by atoms with van der Waals surface area (Å²) in [6.07, 6.45) is 0. The number of Topliss-reactive ketones (excluding diaryl/α,β-unsaturated/α-hetero) is 1. The molecule has 138 valence electrons. The maximum Gasteiger partial charge on any atom is 0.327 e. The molecular formula is C18H20N2O5S. The monoisotopic (exact) mass is 376 g/mol. The Bertz CT molecular complexity index is 837. The van der Waals surface area contributed by atoms with Crippen LogP contribution in [0.3, 0.4) is 0 Å². The number of aryl methyl sites for hydroxylation is 1. The summed E-state index contributed by atoms with van der Waals surface area (Å²) in [5.74, 6) is -2.82. The molecule has 0 spiro atoms. The van der Waals surface area contributed by atoms with Gasteiger partial charge in [-0.15, -0.1) is 11.8 Å². The van der Waals surface area contributed by atoms with Gasteiger partial charge in [0, 0.05) is 10.3 Å². The SMILES string of the molecule is CC(=O)[C@]1(NC(=O)c2cccc(C)c2)C(=O)N2[C@@H](C(=O)O)C(C)(C)S[C@@H]21. The number of carboxylic acids is 1. The number of nitrogens with one attached hydrogen (secondary N) is 1. The minimum Gasteiger partial charge on any atom is -0.480 e. The van der Waals surface area contributed by atoms with Crippen LogP contribution in [0.5, 0.6) is 0 Å². The fraction of sp³-hybridized carbons (Fsp3) is 0.444. The lowest BCUT2D eigenvalue weighted by molar-refractivity contribution is -0.170. The number of benzene rings is 1. The van der Waals surface area contributed by atoms with Crippen molar-refractivity contribution in [2.45, 2.75) is 49.4 Å². The number of thioether (sulfide) groups is 1. The normalized spacial score (nSPS) is 28.9. The molecule has 1 aromatic rings. The van der Waals surface area contributed by atoms with Crippen molar-refractivity contribution in [1.29, 1.82) is 0 Å². The molecule has 2 heterocycles. The summed E-state index contributed by atoms with van der Waals surface area (Å²) in [5.41, 5.74) is -0.514. The molecule has 2 fully saturated rings. The van der Waals surface area contributed by atoms with Crippen molar-refractivity contribution in [1.82, 2.24) is 10.2 Å². The molecule has 0 aliphatic carbocycles. The Labute approximate surface area is 155 Å². The van der Waals surface area contributed by atoms with Crippen molar-refractivity contribution in [2.24, 2.45) is 0 Å². The van der Waals surface area contributed by atoms with Gasteiger partial charge in [0.25, 0.3) is 11.8 Å².